The summed E-state index contributed by atoms with van der Waals surface area (Å²) in [5.41, 5.74) is -0.788. The lowest BCUT2D eigenvalue weighted by atomic mass is 10.1. The molecule has 0 aliphatic carbocycles. The highest BCUT2D eigenvalue weighted by atomic mass is 19.4. The lowest BCUT2D eigenvalue weighted by Gasteiger charge is -2.10. The van der Waals surface area contributed by atoms with E-state index in [1.54, 1.807) is 0 Å². The van der Waals surface area contributed by atoms with Gasteiger partial charge >= 0.3 is 18.3 Å². The molecular formula is C14H9F6NO2. The SMILES string of the molecule is Cc1c(CC(=O)C(F)(F)F)c2ccccc2n1C(=O)C(F)(F)F. The fraction of sp³-hybridized carbons (Fsp3) is 0.286. The van der Waals surface area contributed by atoms with Crippen LogP contribution in [0.1, 0.15) is 16.1 Å². The zero-order chi connectivity index (χ0) is 17.6. The molecule has 0 spiro atoms. The van der Waals surface area contributed by atoms with Gasteiger partial charge in [-0.05, 0) is 18.6 Å². The number of hydrogen-bond acceptors (Lipinski definition) is 2. The number of fused-ring (bicyclic) bond motifs is 1. The van der Waals surface area contributed by atoms with Gasteiger partial charge in [0, 0.05) is 17.5 Å². The van der Waals surface area contributed by atoms with Crippen LogP contribution in [0.5, 0.6) is 0 Å². The fourth-order valence-corrected chi connectivity index (χ4v) is 2.31. The number of hydrogen-bond donors (Lipinski definition) is 0. The van der Waals surface area contributed by atoms with Gasteiger partial charge in [-0.25, -0.2) is 0 Å². The van der Waals surface area contributed by atoms with Crippen LogP contribution >= 0.6 is 0 Å². The van der Waals surface area contributed by atoms with Crippen LogP contribution in [-0.4, -0.2) is 28.6 Å². The quantitative estimate of drug-likeness (QED) is 0.782. The summed E-state index contributed by atoms with van der Waals surface area (Å²) in [7, 11) is 0. The first-order valence-electron chi connectivity index (χ1n) is 6.25. The van der Waals surface area contributed by atoms with Crippen molar-refractivity contribution in [2.45, 2.75) is 25.7 Å². The van der Waals surface area contributed by atoms with Crippen LogP contribution in [0.25, 0.3) is 10.9 Å². The second-order valence-electron chi connectivity index (χ2n) is 4.82. The molecule has 0 atom stereocenters. The Morgan fingerprint density at radius 3 is 2.09 bits per heavy atom. The van der Waals surface area contributed by atoms with Crippen LogP contribution in [0, 0.1) is 6.92 Å². The summed E-state index contributed by atoms with van der Waals surface area (Å²) in [6.07, 6.45) is -11.4. The monoisotopic (exact) mass is 337 g/mol. The average Bonchev–Trinajstić information content (AvgIpc) is 2.69. The van der Waals surface area contributed by atoms with Crippen LogP contribution < -0.4 is 0 Å². The second kappa shape index (κ2) is 5.39. The van der Waals surface area contributed by atoms with E-state index in [4.69, 9.17) is 0 Å². The highest BCUT2D eigenvalue weighted by Crippen LogP contribution is 2.31. The lowest BCUT2D eigenvalue weighted by molar-refractivity contribution is -0.170. The molecule has 0 N–H and O–H groups in total. The molecule has 0 aliphatic rings. The van der Waals surface area contributed by atoms with Gasteiger partial charge in [0.1, 0.15) is 0 Å². The Morgan fingerprint density at radius 1 is 1.00 bits per heavy atom. The first-order valence-corrected chi connectivity index (χ1v) is 6.25. The summed E-state index contributed by atoms with van der Waals surface area (Å²) in [4.78, 5) is 22.7. The lowest BCUT2D eigenvalue weighted by Crippen LogP contribution is -2.30. The van der Waals surface area contributed by atoms with Gasteiger partial charge in [-0.1, -0.05) is 18.2 Å². The van der Waals surface area contributed by atoms with Crippen LogP contribution in [-0.2, 0) is 11.2 Å². The molecule has 3 nitrogen and oxygen atoms in total. The predicted molar refractivity (Wildman–Crippen MR) is 68.1 cm³/mol. The molecule has 0 radical (unpaired) electrons. The number of alkyl halides is 6. The van der Waals surface area contributed by atoms with E-state index in [-0.39, 0.29) is 26.7 Å². The number of halogens is 6. The van der Waals surface area contributed by atoms with Crippen molar-refractivity contribution in [2.75, 3.05) is 0 Å². The Kier molecular flexibility index (Phi) is 4.00. The van der Waals surface area contributed by atoms with E-state index in [0.717, 1.165) is 6.92 Å². The van der Waals surface area contributed by atoms with Gasteiger partial charge in [0.25, 0.3) is 0 Å². The minimum Gasteiger partial charge on any atom is -0.289 e. The van der Waals surface area contributed by atoms with Gasteiger partial charge < -0.3 is 0 Å². The highest BCUT2D eigenvalue weighted by molar-refractivity contribution is 6.00. The number of aromatic nitrogens is 1. The summed E-state index contributed by atoms with van der Waals surface area (Å²) in [5, 5.41) is 0.000185. The molecule has 9 heteroatoms. The summed E-state index contributed by atoms with van der Waals surface area (Å²) < 4.78 is 75.6. The van der Waals surface area contributed by atoms with Crippen LogP contribution in [0.15, 0.2) is 24.3 Å². The molecule has 1 aromatic carbocycles. The van der Waals surface area contributed by atoms with Crippen molar-refractivity contribution in [1.82, 2.24) is 4.57 Å². The maximum atomic E-state index is 12.7. The third-order valence-electron chi connectivity index (χ3n) is 3.34. The van der Waals surface area contributed by atoms with Crippen molar-refractivity contribution in [3.05, 3.63) is 35.5 Å². The average molecular weight is 337 g/mol. The Balaban J connectivity index is 2.66. The minimum absolute atomic E-state index is 0.000185. The van der Waals surface area contributed by atoms with E-state index in [0.29, 0.717) is 0 Å². The molecule has 0 saturated carbocycles. The van der Waals surface area contributed by atoms with Gasteiger partial charge in [-0.2, -0.15) is 26.3 Å². The molecule has 2 rings (SSSR count). The van der Waals surface area contributed by atoms with E-state index in [1.807, 2.05) is 0 Å². The van der Waals surface area contributed by atoms with Gasteiger partial charge in [-0.3, -0.25) is 14.2 Å². The number of para-hydroxylation sites is 1. The maximum absolute atomic E-state index is 12.7. The summed E-state index contributed by atoms with van der Waals surface area (Å²) in [6.45, 7) is 1.07. The molecule has 124 valence electrons. The molecule has 0 amide bonds. The molecular weight excluding hydrogens is 328 g/mol. The Morgan fingerprint density at radius 2 is 1.57 bits per heavy atom. The Labute approximate surface area is 125 Å². The highest BCUT2D eigenvalue weighted by Gasteiger charge is 2.43. The molecule has 0 fully saturated rings. The normalized spacial score (nSPS) is 12.7. The maximum Gasteiger partial charge on any atom is 0.472 e. The van der Waals surface area contributed by atoms with E-state index < -0.39 is 30.5 Å². The third-order valence-corrected chi connectivity index (χ3v) is 3.34. The number of rotatable bonds is 2. The first-order chi connectivity index (χ1) is 10.4. The second-order valence-corrected chi connectivity index (χ2v) is 4.82. The summed E-state index contributed by atoms with van der Waals surface area (Å²) >= 11 is 0. The topological polar surface area (TPSA) is 39.1 Å². The van der Waals surface area contributed by atoms with Crippen LogP contribution in [0.4, 0.5) is 26.3 Å². The van der Waals surface area contributed by atoms with Crippen LogP contribution in [0.2, 0.25) is 0 Å². The number of nitrogens with zero attached hydrogens (tertiary/aromatic N) is 1. The Bertz CT molecular complexity index is 785. The standard InChI is InChI=1S/C14H9F6NO2/c1-7-9(6-11(22)13(15,16)17)8-4-2-3-5-10(8)21(7)12(23)14(18,19)20/h2-5H,6H2,1H3. The number of ketones is 1. The van der Waals surface area contributed by atoms with Gasteiger partial charge in [0.05, 0.1) is 5.52 Å². The van der Waals surface area contributed by atoms with Crippen molar-refractivity contribution in [1.29, 1.82) is 0 Å². The Hall–Kier alpha value is -2.32. The number of Topliss-reactive ketones (excluding diaryl/α,β-unsaturated/α-hetero) is 1. The molecule has 1 aromatic heterocycles. The molecule has 1 heterocycles. The molecule has 0 bridgehead atoms. The number of carbonyl (C=O) groups excluding carboxylic acids is 2. The number of benzene rings is 1. The van der Waals surface area contributed by atoms with E-state index in [2.05, 4.69) is 0 Å². The van der Waals surface area contributed by atoms with E-state index >= 15 is 0 Å². The van der Waals surface area contributed by atoms with Crippen molar-refractivity contribution >= 4 is 22.6 Å². The number of carbonyl (C=O) groups is 2. The molecule has 0 unspecified atom stereocenters. The third kappa shape index (κ3) is 3.08. The molecule has 0 saturated heterocycles. The largest absolute Gasteiger partial charge is 0.472 e. The minimum atomic E-state index is -5.20. The van der Waals surface area contributed by atoms with Crippen LogP contribution in [0.3, 0.4) is 0 Å². The van der Waals surface area contributed by atoms with Gasteiger partial charge in [0.2, 0.25) is 5.78 Å². The first kappa shape index (κ1) is 17.0. The zero-order valence-electron chi connectivity index (χ0n) is 11.5. The fourth-order valence-electron chi connectivity index (χ4n) is 2.31. The van der Waals surface area contributed by atoms with Gasteiger partial charge in [-0.15, -0.1) is 0 Å². The van der Waals surface area contributed by atoms with E-state index in [1.165, 1.54) is 24.3 Å². The van der Waals surface area contributed by atoms with Crippen molar-refractivity contribution in [3.63, 3.8) is 0 Å². The van der Waals surface area contributed by atoms with Gasteiger partial charge in [0.15, 0.2) is 0 Å². The van der Waals surface area contributed by atoms with E-state index in [9.17, 15) is 35.9 Å². The zero-order valence-corrected chi connectivity index (χ0v) is 11.5. The van der Waals surface area contributed by atoms with Crippen molar-refractivity contribution in [3.8, 4) is 0 Å². The summed E-state index contributed by atoms with van der Waals surface area (Å²) in [6, 6.07) is 5.18. The van der Waals surface area contributed by atoms with Crippen molar-refractivity contribution < 1.29 is 35.9 Å². The summed E-state index contributed by atoms with van der Waals surface area (Å²) in [5.74, 6) is -4.32. The molecule has 2 aromatic rings. The van der Waals surface area contributed by atoms with Crippen molar-refractivity contribution in [2.24, 2.45) is 0 Å². The predicted octanol–water partition coefficient (Wildman–Crippen LogP) is 3.83. The molecule has 23 heavy (non-hydrogen) atoms. The smallest absolute Gasteiger partial charge is 0.289 e. The molecule has 0 aliphatic heterocycles.